The predicted octanol–water partition coefficient (Wildman–Crippen LogP) is 5.01. The zero-order valence-electron chi connectivity index (χ0n) is 18.0. The normalized spacial score (nSPS) is 12.1. The number of pyridine rings is 1. The molecule has 152 valence electrons. The summed E-state index contributed by atoms with van der Waals surface area (Å²) >= 11 is 0. The van der Waals surface area contributed by atoms with E-state index in [0.717, 1.165) is 52.2 Å². The van der Waals surface area contributed by atoms with Crippen LogP contribution in [0.4, 0.5) is 5.95 Å². The Morgan fingerprint density at radius 3 is 2.62 bits per heavy atom. The number of nitrogens with zero attached hydrogens (tertiary/aromatic N) is 3. The number of hydrogen-bond acceptors (Lipinski definition) is 4. The molecule has 1 aromatic carbocycles. The standard InChI is InChI=1S/C23H28N4O2/c1-7-8-21(29-6)16(4)19-13-17(12-15(3)24-19)22(28)26-23-25-18-10-9-14(2)11-20(18)27(23)5/h9-13H,7-8H2,1-6H3,(H,25,26,28)/b21-16-. The van der Waals surface area contributed by atoms with E-state index in [0.29, 0.717) is 11.5 Å². The maximum Gasteiger partial charge on any atom is 0.258 e. The lowest BCUT2D eigenvalue weighted by Gasteiger charge is -2.12. The molecule has 29 heavy (non-hydrogen) atoms. The van der Waals surface area contributed by atoms with Crippen molar-refractivity contribution in [3.05, 3.63) is 58.6 Å². The molecule has 3 aromatic rings. The predicted molar refractivity (Wildman–Crippen MR) is 117 cm³/mol. The molecule has 0 fully saturated rings. The Hall–Kier alpha value is -3.15. The van der Waals surface area contributed by atoms with Crippen molar-refractivity contribution in [3.8, 4) is 0 Å². The van der Waals surface area contributed by atoms with Crippen LogP contribution in [0.3, 0.4) is 0 Å². The lowest BCUT2D eigenvalue weighted by atomic mass is 10.1. The van der Waals surface area contributed by atoms with Gasteiger partial charge in [0.25, 0.3) is 5.91 Å². The van der Waals surface area contributed by atoms with Crippen LogP contribution in [0.15, 0.2) is 36.1 Å². The van der Waals surface area contributed by atoms with Crippen LogP contribution >= 0.6 is 0 Å². The number of carbonyl (C=O) groups excluding carboxylic acids is 1. The van der Waals surface area contributed by atoms with Gasteiger partial charge in [-0.15, -0.1) is 0 Å². The number of amides is 1. The molecule has 0 aliphatic rings. The number of nitrogens with one attached hydrogen (secondary N) is 1. The molecule has 0 atom stereocenters. The fourth-order valence-electron chi connectivity index (χ4n) is 3.39. The number of aryl methyl sites for hydroxylation is 3. The number of ether oxygens (including phenoxy) is 1. The summed E-state index contributed by atoms with van der Waals surface area (Å²) in [7, 11) is 3.57. The summed E-state index contributed by atoms with van der Waals surface area (Å²) in [6.07, 6.45) is 1.81. The summed E-state index contributed by atoms with van der Waals surface area (Å²) in [5.74, 6) is 1.19. The molecule has 0 radical (unpaired) electrons. The quantitative estimate of drug-likeness (QED) is 0.598. The number of fused-ring (bicyclic) bond motifs is 1. The smallest absolute Gasteiger partial charge is 0.258 e. The monoisotopic (exact) mass is 392 g/mol. The Kier molecular flexibility index (Phi) is 6.01. The third kappa shape index (κ3) is 4.31. The Labute approximate surface area is 171 Å². The number of benzene rings is 1. The van der Waals surface area contributed by atoms with E-state index < -0.39 is 0 Å². The van der Waals surface area contributed by atoms with Crippen molar-refractivity contribution >= 4 is 28.5 Å². The largest absolute Gasteiger partial charge is 0.501 e. The van der Waals surface area contributed by atoms with E-state index in [1.54, 1.807) is 19.2 Å². The number of methoxy groups -OCH3 is 1. The van der Waals surface area contributed by atoms with Crippen LogP contribution in [0.2, 0.25) is 0 Å². The van der Waals surface area contributed by atoms with Gasteiger partial charge >= 0.3 is 0 Å². The number of anilines is 1. The molecular formula is C23H28N4O2. The van der Waals surface area contributed by atoms with Crippen LogP contribution in [-0.4, -0.2) is 27.6 Å². The van der Waals surface area contributed by atoms with Crippen molar-refractivity contribution in [1.29, 1.82) is 0 Å². The first-order chi connectivity index (χ1) is 13.8. The molecule has 0 aliphatic carbocycles. The van der Waals surface area contributed by atoms with Crippen molar-refractivity contribution in [1.82, 2.24) is 14.5 Å². The van der Waals surface area contributed by atoms with Crippen molar-refractivity contribution < 1.29 is 9.53 Å². The second-order valence-corrected chi connectivity index (χ2v) is 7.33. The molecule has 0 spiro atoms. The van der Waals surface area contributed by atoms with Crippen LogP contribution in [0.1, 0.15) is 54.0 Å². The molecule has 6 heteroatoms. The van der Waals surface area contributed by atoms with Crippen molar-refractivity contribution in [2.45, 2.75) is 40.5 Å². The minimum atomic E-state index is -0.214. The van der Waals surface area contributed by atoms with E-state index in [2.05, 4.69) is 28.3 Å². The van der Waals surface area contributed by atoms with Gasteiger partial charge < -0.3 is 9.30 Å². The fraction of sp³-hybridized carbons (Fsp3) is 0.348. The summed E-state index contributed by atoms with van der Waals surface area (Å²) < 4.78 is 7.42. The van der Waals surface area contributed by atoms with Gasteiger partial charge in [-0.2, -0.15) is 0 Å². The first-order valence-electron chi connectivity index (χ1n) is 9.81. The van der Waals surface area contributed by atoms with Crippen LogP contribution in [0.25, 0.3) is 16.6 Å². The molecule has 0 saturated heterocycles. The minimum Gasteiger partial charge on any atom is -0.501 e. The molecule has 6 nitrogen and oxygen atoms in total. The van der Waals surface area contributed by atoms with E-state index in [1.807, 2.05) is 44.5 Å². The van der Waals surface area contributed by atoms with E-state index in [9.17, 15) is 4.79 Å². The summed E-state index contributed by atoms with van der Waals surface area (Å²) in [6, 6.07) is 9.62. The molecule has 1 N–H and O–H groups in total. The average Bonchev–Trinajstić information content (AvgIpc) is 3.00. The summed E-state index contributed by atoms with van der Waals surface area (Å²) in [5.41, 5.74) is 6.00. The number of imidazole rings is 1. The van der Waals surface area contributed by atoms with E-state index in [1.165, 1.54) is 0 Å². The number of aromatic nitrogens is 3. The zero-order valence-corrected chi connectivity index (χ0v) is 18.0. The van der Waals surface area contributed by atoms with Gasteiger partial charge in [-0.05, 0) is 57.0 Å². The molecule has 0 bridgehead atoms. The Morgan fingerprint density at radius 2 is 1.93 bits per heavy atom. The van der Waals surface area contributed by atoms with Crippen LogP contribution in [0, 0.1) is 13.8 Å². The number of carbonyl (C=O) groups is 1. The van der Waals surface area contributed by atoms with Gasteiger partial charge in [0.2, 0.25) is 5.95 Å². The molecule has 0 unspecified atom stereocenters. The Morgan fingerprint density at radius 1 is 1.17 bits per heavy atom. The lowest BCUT2D eigenvalue weighted by Crippen LogP contribution is -2.16. The van der Waals surface area contributed by atoms with E-state index in [-0.39, 0.29) is 5.91 Å². The van der Waals surface area contributed by atoms with Crippen LogP contribution in [0.5, 0.6) is 0 Å². The van der Waals surface area contributed by atoms with Gasteiger partial charge in [0.1, 0.15) is 5.76 Å². The van der Waals surface area contributed by atoms with Crippen molar-refractivity contribution in [3.63, 3.8) is 0 Å². The molecule has 0 saturated carbocycles. The summed E-state index contributed by atoms with van der Waals surface area (Å²) in [5, 5.41) is 2.93. The van der Waals surface area contributed by atoms with E-state index >= 15 is 0 Å². The zero-order chi connectivity index (χ0) is 21.1. The Bertz CT molecular complexity index is 1100. The molecule has 2 aromatic heterocycles. The third-order valence-corrected chi connectivity index (χ3v) is 5.00. The highest BCUT2D eigenvalue weighted by atomic mass is 16.5. The highest BCUT2D eigenvalue weighted by Gasteiger charge is 2.15. The SMILES string of the molecule is CCC/C(OC)=C(\C)c1cc(C(=O)Nc2nc3ccc(C)cc3n2C)cc(C)n1. The molecule has 2 heterocycles. The second kappa shape index (κ2) is 8.47. The average molecular weight is 393 g/mol. The van der Waals surface area contributed by atoms with Gasteiger partial charge in [-0.3, -0.25) is 15.1 Å². The maximum atomic E-state index is 13.0. The second-order valence-electron chi connectivity index (χ2n) is 7.33. The van der Waals surface area contributed by atoms with Gasteiger partial charge in [0.15, 0.2) is 0 Å². The van der Waals surface area contributed by atoms with Crippen molar-refractivity contribution in [2.24, 2.45) is 7.05 Å². The Balaban J connectivity index is 1.94. The maximum absolute atomic E-state index is 13.0. The first kappa shape index (κ1) is 20.6. The van der Waals surface area contributed by atoms with Crippen molar-refractivity contribution in [2.75, 3.05) is 12.4 Å². The lowest BCUT2D eigenvalue weighted by molar-refractivity contribution is 0.102. The molecular weight excluding hydrogens is 364 g/mol. The highest BCUT2D eigenvalue weighted by molar-refractivity contribution is 6.04. The van der Waals surface area contributed by atoms with Gasteiger partial charge in [-0.25, -0.2) is 4.98 Å². The third-order valence-electron chi connectivity index (χ3n) is 5.00. The van der Waals surface area contributed by atoms with E-state index in [4.69, 9.17) is 4.74 Å². The fourth-order valence-corrected chi connectivity index (χ4v) is 3.39. The van der Waals surface area contributed by atoms with Gasteiger partial charge in [0, 0.05) is 30.3 Å². The number of allylic oxidation sites excluding steroid dienone is 2. The first-order valence-corrected chi connectivity index (χ1v) is 9.81. The van der Waals surface area contributed by atoms with Gasteiger partial charge in [-0.1, -0.05) is 13.0 Å². The van der Waals surface area contributed by atoms with Crippen LogP contribution in [-0.2, 0) is 11.8 Å². The highest BCUT2D eigenvalue weighted by Crippen LogP contribution is 2.23. The minimum absolute atomic E-state index is 0.214. The van der Waals surface area contributed by atoms with Gasteiger partial charge in [0.05, 0.1) is 23.8 Å². The molecule has 0 aliphatic heterocycles. The topological polar surface area (TPSA) is 69.0 Å². The summed E-state index contributed by atoms with van der Waals surface area (Å²) in [4.78, 5) is 22.1. The van der Waals surface area contributed by atoms with Crippen LogP contribution < -0.4 is 5.32 Å². The summed E-state index contributed by atoms with van der Waals surface area (Å²) in [6.45, 7) is 8.01. The molecule has 1 amide bonds. The molecule has 3 rings (SSSR count). The number of rotatable bonds is 6. The number of hydrogen-bond donors (Lipinski definition) is 1.